The number of thiophene rings is 1. The first-order valence-corrected chi connectivity index (χ1v) is 9.86. The van der Waals surface area contributed by atoms with E-state index in [-0.39, 0.29) is 0 Å². The molecule has 0 nitrogen and oxygen atoms in total. The fourth-order valence-corrected chi connectivity index (χ4v) is 4.53. The third kappa shape index (κ3) is 2.97. The van der Waals surface area contributed by atoms with Gasteiger partial charge in [-0.1, -0.05) is 97.1 Å². The molecule has 0 unspecified atom stereocenters. The maximum Gasteiger partial charge on any atom is 0.0540 e. The lowest BCUT2D eigenvalue weighted by molar-refractivity contribution is 1.63. The quantitative estimate of drug-likeness (QED) is 0.309. The summed E-state index contributed by atoms with van der Waals surface area (Å²) in [5.41, 5.74) is 6.13. The van der Waals surface area contributed by atoms with Crippen molar-refractivity contribution in [2.24, 2.45) is 0 Å². The molecule has 1 heteroatoms. The van der Waals surface area contributed by atoms with Crippen molar-refractivity contribution in [3.63, 3.8) is 0 Å². The van der Waals surface area contributed by atoms with Crippen molar-refractivity contribution in [1.29, 1.82) is 0 Å². The second kappa shape index (κ2) is 6.86. The third-order valence-electron chi connectivity index (χ3n) is 4.87. The van der Waals surface area contributed by atoms with E-state index in [1.165, 1.54) is 43.5 Å². The van der Waals surface area contributed by atoms with Crippen LogP contribution in [0.1, 0.15) is 0 Å². The lowest BCUT2D eigenvalue weighted by Crippen LogP contribution is -1.84. The predicted octanol–water partition coefficient (Wildman–Crippen LogP) is 7.70. The van der Waals surface area contributed by atoms with Gasteiger partial charge in [-0.25, -0.2) is 0 Å². The zero-order valence-electron chi connectivity index (χ0n) is 14.7. The van der Waals surface area contributed by atoms with E-state index < -0.39 is 0 Å². The molecule has 0 bridgehead atoms. The molecular weight excluding hydrogens is 344 g/mol. The van der Waals surface area contributed by atoms with Gasteiger partial charge in [-0.15, -0.1) is 11.3 Å². The van der Waals surface area contributed by atoms with E-state index in [0.29, 0.717) is 0 Å². The fraction of sp³-hybridized carbons (Fsp3) is 0. The monoisotopic (exact) mass is 361 g/mol. The molecule has 1 heterocycles. The number of fused-ring (bicyclic) bond motifs is 1. The Morgan fingerprint density at radius 2 is 1.15 bits per heavy atom. The summed E-state index contributed by atoms with van der Waals surface area (Å²) in [7, 11) is 0. The molecule has 1 aromatic heterocycles. The second-order valence-corrected chi connectivity index (χ2v) is 7.39. The van der Waals surface area contributed by atoms with Crippen molar-refractivity contribution >= 4 is 22.1 Å². The molecule has 0 atom stereocenters. The van der Waals surface area contributed by atoms with Gasteiger partial charge < -0.3 is 0 Å². The molecule has 0 saturated heterocycles. The van der Waals surface area contributed by atoms with Crippen LogP contribution in [0.3, 0.4) is 0 Å². The van der Waals surface area contributed by atoms with Crippen molar-refractivity contribution in [2.75, 3.05) is 0 Å². The highest BCUT2D eigenvalue weighted by molar-refractivity contribution is 7.14. The molecule has 0 fully saturated rings. The maximum atomic E-state index is 3.58. The summed E-state index contributed by atoms with van der Waals surface area (Å²) in [4.78, 5) is 1.27. The largest absolute Gasteiger partial charge is 0.133 e. The number of hydrogen-bond donors (Lipinski definition) is 0. The zero-order valence-corrected chi connectivity index (χ0v) is 15.5. The highest BCUT2D eigenvalue weighted by Gasteiger charge is 2.17. The molecular formula is C26H17S. The predicted molar refractivity (Wildman–Crippen MR) is 117 cm³/mol. The van der Waals surface area contributed by atoms with Crippen molar-refractivity contribution in [1.82, 2.24) is 0 Å². The van der Waals surface area contributed by atoms with Crippen LogP contribution < -0.4 is 0 Å². The van der Waals surface area contributed by atoms with Gasteiger partial charge in [0.1, 0.15) is 0 Å². The van der Waals surface area contributed by atoms with Crippen LogP contribution in [-0.2, 0) is 0 Å². The van der Waals surface area contributed by atoms with Crippen molar-refractivity contribution in [3.8, 4) is 32.7 Å². The highest BCUT2D eigenvalue weighted by atomic mass is 32.1. The van der Waals surface area contributed by atoms with Crippen LogP contribution in [0.2, 0.25) is 0 Å². The first-order chi connectivity index (χ1) is 13.4. The smallest absolute Gasteiger partial charge is 0.0540 e. The van der Waals surface area contributed by atoms with Gasteiger partial charge in [-0.2, -0.15) is 0 Å². The van der Waals surface area contributed by atoms with Crippen LogP contribution in [0, 0.1) is 5.38 Å². The molecule has 27 heavy (non-hydrogen) atoms. The Morgan fingerprint density at radius 3 is 1.89 bits per heavy atom. The van der Waals surface area contributed by atoms with E-state index in [9.17, 15) is 0 Å². The Kier molecular flexibility index (Phi) is 4.08. The van der Waals surface area contributed by atoms with Gasteiger partial charge in [0, 0.05) is 16.0 Å². The van der Waals surface area contributed by atoms with E-state index in [1.807, 2.05) is 0 Å². The molecule has 5 rings (SSSR count). The fourth-order valence-electron chi connectivity index (χ4n) is 3.54. The minimum absolute atomic E-state index is 1.18. The first kappa shape index (κ1) is 16.0. The van der Waals surface area contributed by atoms with E-state index in [4.69, 9.17) is 0 Å². The van der Waals surface area contributed by atoms with Crippen LogP contribution in [0.5, 0.6) is 0 Å². The van der Waals surface area contributed by atoms with Gasteiger partial charge in [0.05, 0.1) is 5.38 Å². The average Bonchev–Trinajstić information content (AvgIpc) is 3.20. The Hall–Kier alpha value is -3.16. The SMILES string of the molecule is [c]1sc(-c2ccc3ccccc3c2)c(-c2ccccc2)c1-c1ccccc1. The molecule has 127 valence electrons. The van der Waals surface area contributed by atoms with Crippen LogP contribution in [-0.4, -0.2) is 0 Å². The summed E-state index contributed by atoms with van der Waals surface area (Å²) in [5.74, 6) is 0. The molecule has 0 N–H and O–H groups in total. The molecule has 1 radical (unpaired) electrons. The Morgan fingerprint density at radius 1 is 0.519 bits per heavy atom. The molecule has 0 aliphatic rings. The first-order valence-electron chi connectivity index (χ1n) is 9.04. The van der Waals surface area contributed by atoms with E-state index in [0.717, 1.165) is 0 Å². The van der Waals surface area contributed by atoms with E-state index >= 15 is 0 Å². The van der Waals surface area contributed by atoms with Crippen molar-refractivity contribution in [3.05, 3.63) is 109 Å². The minimum Gasteiger partial charge on any atom is -0.133 e. The van der Waals surface area contributed by atoms with Crippen LogP contribution >= 0.6 is 11.3 Å². The van der Waals surface area contributed by atoms with Crippen molar-refractivity contribution in [2.45, 2.75) is 0 Å². The van der Waals surface area contributed by atoms with Gasteiger partial charge >= 0.3 is 0 Å². The molecule has 0 spiro atoms. The van der Waals surface area contributed by atoms with Crippen LogP contribution in [0.25, 0.3) is 43.5 Å². The maximum absolute atomic E-state index is 3.58. The summed E-state index contributed by atoms with van der Waals surface area (Å²) >= 11 is 1.70. The average molecular weight is 361 g/mol. The number of hydrogen-bond acceptors (Lipinski definition) is 1. The number of rotatable bonds is 3. The van der Waals surface area contributed by atoms with Gasteiger partial charge in [-0.3, -0.25) is 0 Å². The van der Waals surface area contributed by atoms with Gasteiger partial charge in [-0.05, 0) is 33.5 Å². The summed E-state index contributed by atoms with van der Waals surface area (Å²) < 4.78 is 0. The van der Waals surface area contributed by atoms with Crippen LogP contribution in [0.15, 0.2) is 103 Å². The van der Waals surface area contributed by atoms with Gasteiger partial charge in [0.2, 0.25) is 0 Å². The lowest BCUT2D eigenvalue weighted by atomic mass is 9.94. The number of benzene rings is 4. The topological polar surface area (TPSA) is 0 Å². The summed E-state index contributed by atoms with van der Waals surface area (Å²) in [6, 6.07) is 36.5. The van der Waals surface area contributed by atoms with E-state index in [2.05, 4.69) is 109 Å². The Labute approximate surface area is 163 Å². The lowest BCUT2D eigenvalue weighted by Gasteiger charge is -2.10. The molecule has 0 saturated carbocycles. The molecule has 5 aromatic rings. The summed E-state index contributed by atoms with van der Waals surface area (Å²) in [5, 5.41) is 6.11. The summed E-state index contributed by atoms with van der Waals surface area (Å²) in [6.45, 7) is 0. The zero-order chi connectivity index (χ0) is 18.1. The summed E-state index contributed by atoms with van der Waals surface area (Å²) in [6.07, 6.45) is 0. The minimum atomic E-state index is 1.18. The molecule has 0 amide bonds. The third-order valence-corrected chi connectivity index (χ3v) is 5.82. The van der Waals surface area contributed by atoms with Gasteiger partial charge in [0.15, 0.2) is 0 Å². The van der Waals surface area contributed by atoms with Crippen molar-refractivity contribution < 1.29 is 0 Å². The van der Waals surface area contributed by atoms with Gasteiger partial charge in [0.25, 0.3) is 0 Å². The standard InChI is InChI=1S/C26H17S/c1-3-10-20(11-4-1)24-18-27-26(25(24)21-12-5-2-6-13-21)23-16-15-19-9-7-8-14-22(19)17-23/h1-17H. The normalized spacial score (nSPS) is 11.0. The van der Waals surface area contributed by atoms with E-state index in [1.54, 1.807) is 11.3 Å². The van der Waals surface area contributed by atoms with Crippen LogP contribution in [0.4, 0.5) is 0 Å². The Balaban J connectivity index is 1.76. The molecule has 4 aromatic carbocycles. The molecule has 0 aliphatic heterocycles. The molecule has 0 aliphatic carbocycles. The highest BCUT2D eigenvalue weighted by Crippen LogP contribution is 2.44. The Bertz CT molecular complexity index is 1200. The second-order valence-electron chi connectivity index (χ2n) is 6.58.